The lowest BCUT2D eigenvalue weighted by atomic mass is 10.0. The Hall–Kier alpha value is -1.56. The number of benzene rings is 1. The maximum absolute atomic E-state index is 13.9. The fraction of sp³-hybridized carbons (Fsp3) is 0.455. The molecule has 2 rings (SSSR count). The van der Waals surface area contributed by atoms with E-state index in [0.29, 0.717) is 0 Å². The van der Waals surface area contributed by atoms with Crippen molar-refractivity contribution in [2.45, 2.75) is 25.8 Å². The third-order valence-electron chi connectivity index (χ3n) is 3.52. The highest BCUT2D eigenvalue weighted by atomic mass is 19.1. The van der Waals surface area contributed by atoms with Crippen molar-refractivity contribution in [2.24, 2.45) is 11.1 Å². The van der Waals surface area contributed by atoms with Gasteiger partial charge in [0.1, 0.15) is 5.82 Å². The lowest BCUT2D eigenvalue weighted by Gasteiger charge is -2.06. The first-order chi connectivity index (χ1) is 7.78. The van der Waals surface area contributed by atoms with Crippen LogP contribution in [0.5, 0.6) is 0 Å². The van der Waals surface area contributed by atoms with Crippen molar-refractivity contribution >= 4 is 5.69 Å². The Morgan fingerprint density at radius 2 is 1.94 bits per heavy atom. The molecule has 92 valence electrons. The molecule has 1 fully saturated rings. The van der Waals surface area contributed by atoms with E-state index >= 15 is 0 Å². The van der Waals surface area contributed by atoms with Crippen molar-refractivity contribution in [3.05, 3.63) is 39.4 Å². The second kappa shape index (κ2) is 3.46. The number of halogens is 2. The molecule has 0 saturated heterocycles. The van der Waals surface area contributed by atoms with Gasteiger partial charge in [-0.2, -0.15) is 4.39 Å². The van der Waals surface area contributed by atoms with E-state index in [1.807, 2.05) is 0 Å². The molecule has 1 aliphatic rings. The average Bonchev–Trinajstić information content (AvgIpc) is 2.68. The van der Waals surface area contributed by atoms with Crippen LogP contribution >= 0.6 is 0 Å². The van der Waals surface area contributed by atoms with Crippen LogP contribution in [-0.4, -0.2) is 11.0 Å². The molecule has 0 unspecified atom stereocenters. The summed E-state index contributed by atoms with van der Waals surface area (Å²) in [7, 11) is 0. The normalized spacial score (nSPS) is 25.7. The predicted octanol–water partition coefficient (Wildman–Crippen LogP) is 2.32. The molecule has 1 aromatic rings. The molecule has 0 aromatic heterocycles. The van der Waals surface area contributed by atoms with E-state index in [2.05, 4.69) is 0 Å². The van der Waals surface area contributed by atoms with Gasteiger partial charge in [0.05, 0.1) is 4.92 Å². The number of rotatable bonds is 2. The van der Waals surface area contributed by atoms with Crippen LogP contribution in [0.2, 0.25) is 0 Å². The number of nitro groups is 1. The third kappa shape index (κ3) is 1.59. The second-order valence-corrected chi connectivity index (χ2v) is 4.88. The summed E-state index contributed by atoms with van der Waals surface area (Å²) in [6.07, 6.45) is 0. The minimum absolute atomic E-state index is 0.267. The standard InChI is InChI=1S/C11H12F2N2O2/c1-11(2)8(10(11)14)7-5(12)3-4-6(9(7)13)15(16)17/h3-4,8,10H,14H2,1-2H3/t8-,10-/m1/s1. The number of hydrogen-bond donors (Lipinski definition) is 1. The summed E-state index contributed by atoms with van der Waals surface area (Å²) in [5, 5.41) is 10.6. The van der Waals surface area contributed by atoms with Crippen LogP contribution in [0.15, 0.2) is 12.1 Å². The van der Waals surface area contributed by atoms with Gasteiger partial charge in [-0.3, -0.25) is 10.1 Å². The van der Waals surface area contributed by atoms with Crippen LogP contribution in [0.3, 0.4) is 0 Å². The molecule has 2 atom stereocenters. The minimum Gasteiger partial charge on any atom is -0.327 e. The van der Waals surface area contributed by atoms with Gasteiger partial charge >= 0.3 is 5.69 Å². The molecule has 2 N–H and O–H groups in total. The molecule has 0 amide bonds. The first-order valence-electron chi connectivity index (χ1n) is 5.16. The fourth-order valence-corrected chi connectivity index (χ4v) is 2.21. The SMILES string of the molecule is CC1(C)[C@H](N)[C@H]1c1c(F)ccc([N+](=O)[O-])c1F. The lowest BCUT2D eigenvalue weighted by molar-refractivity contribution is -0.387. The average molecular weight is 242 g/mol. The summed E-state index contributed by atoms with van der Waals surface area (Å²) in [4.78, 5) is 9.72. The van der Waals surface area contributed by atoms with Crippen molar-refractivity contribution < 1.29 is 13.7 Å². The number of nitro benzene ring substituents is 1. The maximum Gasteiger partial charge on any atom is 0.305 e. The molecule has 1 aromatic carbocycles. The van der Waals surface area contributed by atoms with E-state index in [0.717, 1.165) is 12.1 Å². The Labute approximate surface area is 96.6 Å². The van der Waals surface area contributed by atoms with Gasteiger partial charge in [-0.1, -0.05) is 13.8 Å². The van der Waals surface area contributed by atoms with Gasteiger partial charge in [0.2, 0.25) is 5.82 Å². The van der Waals surface area contributed by atoms with E-state index in [-0.39, 0.29) is 11.6 Å². The Kier molecular flexibility index (Phi) is 2.43. The van der Waals surface area contributed by atoms with Crippen LogP contribution in [0.25, 0.3) is 0 Å². The largest absolute Gasteiger partial charge is 0.327 e. The molecule has 4 nitrogen and oxygen atoms in total. The molecule has 0 radical (unpaired) electrons. The summed E-state index contributed by atoms with van der Waals surface area (Å²) >= 11 is 0. The van der Waals surface area contributed by atoms with Gasteiger partial charge in [0, 0.05) is 23.6 Å². The zero-order valence-electron chi connectivity index (χ0n) is 9.41. The molecule has 0 bridgehead atoms. The number of nitrogens with zero attached hydrogens (tertiary/aromatic N) is 1. The highest BCUT2D eigenvalue weighted by Crippen LogP contribution is 2.58. The fourth-order valence-electron chi connectivity index (χ4n) is 2.21. The van der Waals surface area contributed by atoms with Crippen LogP contribution in [0, 0.1) is 27.2 Å². The summed E-state index contributed by atoms with van der Waals surface area (Å²) in [6.45, 7) is 3.56. The molecular formula is C11H12F2N2O2. The van der Waals surface area contributed by atoms with Gasteiger partial charge in [-0.15, -0.1) is 0 Å². The van der Waals surface area contributed by atoms with Crippen LogP contribution in [0.1, 0.15) is 25.3 Å². The Morgan fingerprint density at radius 1 is 1.41 bits per heavy atom. The van der Waals surface area contributed by atoms with Crippen LogP contribution in [0.4, 0.5) is 14.5 Å². The smallest absolute Gasteiger partial charge is 0.305 e. The summed E-state index contributed by atoms with van der Waals surface area (Å²) in [5.41, 5.74) is 4.32. The molecule has 17 heavy (non-hydrogen) atoms. The summed E-state index contributed by atoms with van der Waals surface area (Å²) in [5.74, 6) is -2.40. The Balaban J connectivity index is 2.55. The molecule has 6 heteroatoms. The monoisotopic (exact) mass is 242 g/mol. The van der Waals surface area contributed by atoms with Crippen molar-refractivity contribution in [2.75, 3.05) is 0 Å². The second-order valence-electron chi connectivity index (χ2n) is 4.88. The molecule has 0 spiro atoms. The quantitative estimate of drug-likeness (QED) is 0.639. The van der Waals surface area contributed by atoms with E-state index in [4.69, 9.17) is 5.73 Å². The van der Waals surface area contributed by atoms with Gasteiger partial charge in [0.15, 0.2) is 0 Å². The van der Waals surface area contributed by atoms with Gasteiger partial charge < -0.3 is 5.73 Å². The zero-order chi connectivity index (χ0) is 13.0. The van der Waals surface area contributed by atoms with Crippen molar-refractivity contribution in [3.8, 4) is 0 Å². The van der Waals surface area contributed by atoms with E-state index < -0.39 is 33.6 Å². The first kappa shape index (κ1) is 11.9. The van der Waals surface area contributed by atoms with Gasteiger partial charge in [-0.25, -0.2) is 4.39 Å². The summed E-state index contributed by atoms with van der Waals surface area (Å²) in [6, 6.07) is 1.36. The van der Waals surface area contributed by atoms with Gasteiger partial charge in [0.25, 0.3) is 0 Å². The van der Waals surface area contributed by atoms with E-state index in [1.165, 1.54) is 0 Å². The highest BCUT2D eigenvalue weighted by molar-refractivity contribution is 5.44. The topological polar surface area (TPSA) is 69.2 Å². The third-order valence-corrected chi connectivity index (χ3v) is 3.52. The maximum atomic E-state index is 13.9. The minimum atomic E-state index is -1.11. The molecule has 1 aliphatic carbocycles. The first-order valence-corrected chi connectivity index (χ1v) is 5.16. The zero-order valence-corrected chi connectivity index (χ0v) is 9.41. The van der Waals surface area contributed by atoms with E-state index in [9.17, 15) is 18.9 Å². The summed E-state index contributed by atoms with van der Waals surface area (Å²) < 4.78 is 27.4. The molecule has 0 aliphatic heterocycles. The number of hydrogen-bond acceptors (Lipinski definition) is 3. The van der Waals surface area contributed by atoms with Crippen molar-refractivity contribution in [1.82, 2.24) is 0 Å². The molecule has 1 saturated carbocycles. The van der Waals surface area contributed by atoms with Crippen LogP contribution < -0.4 is 5.73 Å². The van der Waals surface area contributed by atoms with E-state index in [1.54, 1.807) is 13.8 Å². The Bertz CT molecular complexity index is 502. The van der Waals surface area contributed by atoms with Gasteiger partial charge in [-0.05, 0) is 11.5 Å². The molecule has 0 heterocycles. The number of nitrogens with two attached hydrogens (primary N) is 1. The van der Waals surface area contributed by atoms with Crippen molar-refractivity contribution in [1.29, 1.82) is 0 Å². The molecular weight excluding hydrogens is 230 g/mol. The highest BCUT2D eigenvalue weighted by Gasteiger charge is 2.58. The van der Waals surface area contributed by atoms with Crippen molar-refractivity contribution in [3.63, 3.8) is 0 Å². The predicted molar refractivity (Wildman–Crippen MR) is 57.5 cm³/mol. The van der Waals surface area contributed by atoms with Crippen LogP contribution in [-0.2, 0) is 0 Å². The Morgan fingerprint density at radius 3 is 2.35 bits per heavy atom. The lowest BCUT2D eigenvalue weighted by Crippen LogP contribution is -2.07.